The highest BCUT2D eigenvalue weighted by Crippen LogP contribution is 2.35. The summed E-state index contributed by atoms with van der Waals surface area (Å²) in [5, 5.41) is 7.12. The van der Waals surface area contributed by atoms with Gasteiger partial charge in [0.2, 0.25) is 0 Å². The van der Waals surface area contributed by atoms with Crippen LogP contribution in [0.2, 0.25) is 0 Å². The summed E-state index contributed by atoms with van der Waals surface area (Å²) in [5.74, 6) is -0.178. The molecule has 0 aliphatic carbocycles. The molecule has 22 heavy (non-hydrogen) atoms. The first-order valence-corrected chi connectivity index (χ1v) is 8.02. The number of nitrogens with one attached hydrogen (secondary N) is 2. The summed E-state index contributed by atoms with van der Waals surface area (Å²) in [4.78, 5) is 4.73. The predicted octanol–water partition coefficient (Wildman–Crippen LogP) is 1.79. The van der Waals surface area contributed by atoms with E-state index in [0.717, 1.165) is 44.5 Å². The number of halogens is 1. The minimum absolute atomic E-state index is 0.0338. The van der Waals surface area contributed by atoms with Crippen LogP contribution < -0.4 is 10.6 Å². The lowest BCUT2D eigenvalue weighted by Crippen LogP contribution is -2.53. The Kier molecular flexibility index (Phi) is 3.47. The van der Waals surface area contributed by atoms with Crippen LogP contribution in [0, 0.1) is 5.82 Å². The van der Waals surface area contributed by atoms with E-state index in [2.05, 4.69) is 15.2 Å². The topological polar surface area (TPSA) is 41.9 Å². The summed E-state index contributed by atoms with van der Waals surface area (Å²) in [6.07, 6.45) is 5.07. The van der Waals surface area contributed by atoms with Crippen molar-refractivity contribution in [3.63, 3.8) is 0 Å². The van der Waals surface area contributed by atoms with E-state index in [4.69, 9.17) is 4.98 Å². The van der Waals surface area contributed by atoms with Crippen molar-refractivity contribution in [2.45, 2.75) is 31.3 Å². The van der Waals surface area contributed by atoms with Crippen molar-refractivity contribution in [1.82, 2.24) is 20.2 Å². The highest BCUT2D eigenvalue weighted by Gasteiger charge is 2.40. The van der Waals surface area contributed by atoms with E-state index in [1.807, 2.05) is 12.4 Å². The van der Waals surface area contributed by atoms with Crippen molar-refractivity contribution in [2.75, 3.05) is 19.6 Å². The van der Waals surface area contributed by atoms with Crippen LogP contribution in [0.25, 0.3) is 0 Å². The minimum Gasteiger partial charge on any atom is -0.330 e. The van der Waals surface area contributed by atoms with E-state index < -0.39 is 0 Å². The number of hydrogen-bond acceptors (Lipinski definition) is 3. The van der Waals surface area contributed by atoms with Crippen molar-refractivity contribution in [3.8, 4) is 0 Å². The number of benzene rings is 1. The molecule has 3 heterocycles. The molecule has 1 spiro atoms. The molecule has 1 aromatic heterocycles. The highest BCUT2D eigenvalue weighted by atomic mass is 19.1. The minimum atomic E-state index is -0.178. The Balaban J connectivity index is 1.66. The fraction of sp³-hybridized carbons (Fsp3) is 0.471. The van der Waals surface area contributed by atoms with Crippen molar-refractivity contribution in [2.24, 2.45) is 0 Å². The Hall–Kier alpha value is -1.72. The Bertz CT molecular complexity index is 673. The van der Waals surface area contributed by atoms with Gasteiger partial charge in [-0.25, -0.2) is 9.37 Å². The van der Waals surface area contributed by atoms with Crippen molar-refractivity contribution >= 4 is 0 Å². The largest absolute Gasteiger partial charge is 0.330 e. The first-order valence-electron chi connectivity index (χ1n) is 8.02. The van der Waals surface area contributed by atoms with E-state index in [1.54, 1.807) is 12.1 Å². The van der Waals surface area contributed by atoms with E-state index in [9.17, 15) is 4.39 Å². The van der Waals surface area contributed by atoms with Crippen LogP contribution in [0.3, 0.4) is 0 Å². The zero-order valence-corrected chi connectivity index (χ0v) is 12.6. The lowest BCUT2D eigenvalue weighted by Gasteiger charge is -2.41. The first-order chi connectivity index (χ1) is 10.8. The van der Waals surface area contributed by atoms with Crippen LogP contribution in [0.1, 0.15) is 29.8 Å². The third-order valence-electron chi connectivity index (χ3n) is 4.92. The van der Waals surface area contributed by atoms with Gasteiger partial charge in [-0.15, -0.1) is 0 Å². The third kappa shape index (κ3) is 2.34. The Morgan fingerprint density at radius 1 is 1.23 bits per heavy atom. The first kappa shape index (κ1) is 13.9. The zero-order valence-electron chi connectivity index (χ0n) is 12.6. The molecule has 5 heteroatoms. The second-order valence-corrected chi connectivity index (χ2v) is 6.31. The molecular formula is C17H21FN4. The van der Waals surface area contributed by atoms with Crippen LogP contribution in [-0.2, 0) is 18.5 Å². The van der Waals surface area contributed by atoms with E-state index in [-0.39, 0.29) is 11.4 Å². The molecule has 4 rings (SSSR count). The van der Waals surface area contributed by atoms with Gasteiger partial charge in [0.15, 0.2) is 0 Å². The fourth-order valence-corrected chi connectivity index (χ4v) is 3.81. The zero-order chi connectivity index (χ0) is 15.0. The van der Waals surface area contributed by atoms with Crippen LogP contribution in [0.15, 0.2) is 30.6 Å². The lowest BCUT2D eigenvalue weighted by atomic mass is 9.81. The molecule has 116 valence electrons. The Labute approximate surface area is 129 Å². The second-order valence-electron chi connectivity index (χ2n) is 6.31. The standard InChI is InChI=1S/C17H21FN4/c18-14-3-1-2-13(10-14)11-22-12-20-16-15(22)4-7-21-17(16)5-8-19-9-6-17/h1-3,10,12,19,21H,4-9,11H2. The molecule has 2 aliphatic heterocycles. The summed E-state index contributed by atoms with van der Waals surface area (Å²) >= 11 is 0. The summed E-state index contributed by atoms with van der Waals surface area (Å²) < 4.78 is 15.6. The van der Waals surface area contributed by atoms with Crippen molar-refractivity contribution in [3.05, 3.63) is 53.4 Å². The molecule has 1 aromatic carbocycles. The number of nitrogens with zero attached hydrogens (tertiary/aromatic N) is 2. The van der Waals surface area contributed by atoms with E-state index in [0.29, 0.717) is 6.54 Å². The third-order valence-corrected chi connectivity index (χ3v) is 4.92. The normalized spacial score (nSPS) is 20.0. The summed E-state index contributed by atoms with van der Waals surface area (Å²) in [6, 6.07) is 6.83. The van der Waals surface area contributed by atoms with Gasteiger partial charge in [-0.1, -0.05) is 12.1 Å². The molecular weight excluding hydrogens is 279 g/mol. The predicted molar refractivity (Wildman–Crippen MR) is 83.2 cm³/mol. The number of hydrogen-bond donors (Lipinski definition) is 2. The van der Waals surface area contributed by atoms with Gasteiger partial charge in [0, 0.05) is 25.2 Å². The van der Waals surface area contributed by atoms with Crippen LogP contribution >= 0.6 is 0 Å². The van der Waals surface area contributed by atoms with Gasteiger partial charge in [-0.3, -0.25) is 0 Å². The number of fused-ring (bicyclic) bond motifs is 2. The maximum Gasteiger partial charge on any atom is 0.123 e. The average molecular weight is 300 g/mol. The Morgan fingerprint density at radius 3 is 2.91 bits per heavy atom. The van der Waals surface area contributed by atoms with Gasteiger partial charge >= 0.3 is 0 Å². The molecule has 0 bridgehead atoms. The number of rotatable bonds is 2. The van der Waals surface area contributed by atoms with Crippen LogP contribution in [0.5, 0.6) is 0 Å². The van der Waals surface area contributed by atoms with Gasteiger partial charge in [0.25, 0.3) is 0 Å². The fourth-order valence-electron chi connectivity index (χ4n) is 3.81. The summed E-state index contributed by atoms with van der Waals surface area (Å²) in [7, 11) is 0. The van der Waals surface area contributed by atoms with E-state index in [1.165, 1.54) is 17.5 Å². The molecule has 0 saturated carbocycles. The number of piperidine rings is 1. The molecule has 1 saturated heterocycles. The monoisotopic (exact) mass is 300 g/mol. The van der Waals surface area contributed by atoms with Crippen molar-refractivity contribution < 1.29 is 4.39 Å². The molecule has 2 aromatic rings. The maximum atomic E-state index is 13.4. The molecule has 2 N–H and O–H groups in total. The maximum absolute atomic E-state index is 13.4. The molecule has 0 radical (unpaired) electrons. The van der Waals surface area contributed by atoms with Gasteiger partial charge in [-0.2, -0.15) is 0 Å². The van der Waals surface area contributed by atoms with Crippen LogP contribution in [0.4, 0.5) is 4.39 Å². The van der Waals surface area contributed by atoms with Crippen LogP contribution in [-0.4, -0.2) is 29.2 Å². The molecule has 0 amide bonds. The van der Waals surface area contributed by atoms with Gasteiger partial charge in [0.05, 0.1) is 17.6 Å². The number of imidazole rings is 1. The van der Waals surface area contributed by atoms with Gasteiger partial charge in [-0.05, 0) is 43.6 Å². The van der Waals surface area contributed by atoms with Gasteiger partial charge in [0.1, 0.15) is 5.82 Å². The lowest BCUT2D eigenvalue weighted by molar-refractivity contribution is 0.227. The molecule has 0 atom stereocenters. The quantitative estimate of drug-likeness (QED) is 0.888. The molecule has 2 aliphatic rings. The highest BCUT2D eigenvalue weighted by molar-refractivity contribution is 5.29. The van der Waals surface area contributed by atoms with Gasteiger partial charge < -0.3 is 15.2 Å². The Morgan fingerprint density at radius 2 is 2.09 bits per heavy atom. The van der Waals surface area contributed by atoms with Crippen molar-refractivity contribution in [1.29, 1.82) is 0 Å². The summed E-state index contributed by atoms with van der Waals surface area (Å²) in [5.41, 5.74) is 3.53. The summed E-state index contributed by atoms with van der Waals surface area (Å²) in [6.45, 7) is 3.74. The molecule has 4 nitrogen and oxygen atoms in total. The molecule has 0 unspecified atom stereocenters. The SMILES string of the molecule is Fc1cccc(Cn2cnc3c2CCNC32CCNCC2)c1. The number of aromatic nitrogens is 2. The second kappa shape index (κ2) is 5.48. The van der Waals surface area contributed by atoms with E-state index >= 15 is 0 Å². The average Bonchev–Trinajstić information content (AvgIpc) is 2.93. The smallest absolute Gasteiger partial charge is 0.123 e. The molecule has 1 fully saturated rings.